The van der Waals surface area contributed by atoms with Crippen molar-refractivity contribution in [2.75, 3.05) is 30.9 Å². The molecule has 2 aromatic rings. The largest absolute Gasteiger partial charge is 0.466 e. The van der Waals surface area contributed by atoms with Gasteiger partial charge < -0.3 is 25.4 Å². The lowest BCUT2D eigenvalue weighted by atomic mass is 9.95. The van der Waals surface area contributed by atoms with Crippen LogP contribution in [0.1, 0.15) is 40.6 Å². The molecule has 1 atom stereocenters. The van der Waals surface area contributed by atoms with E-state index >= 15 is 0 Å². The van der Waals surface area contributed by atoms with Crippen molar-refractivity contribution in [1.82, 2.24) is 5.32 Å². The van der Waals surface area contributed by atoms with Gasteiger partial charge >= 0.3 is 0 Å². The molecule has 1 aromatic heterocycles. The number of rotatable bonds is 6. The summed E-state index contributed by atoms with van der Waals surface area (Å²) in [6.07, 6.45) is 3.70. The molecular weight excluding hydrogens is 418 g/mol. The van der Waals surface area contributed by atoms with Crippen LogP contribution in [0, 0.1) is 0 Å². The Kier molecular flexibility index (Phi) is 5.97. The van der Waals surface area contributed by atoms with Gasteiger partial charge in [-0.1, -0.05) is 12.1 Å². The fourth-order valence-electron chi connectivity index (χ4n) is 3.79. The van der Waals surface area contributed by atoms with Crippen LogP contribution < -0.4 is 20.7 Å². The monoisotopic (exact) mass is 443 g/mol. The zero-order valence-corrected chi connectivity index (χ0v) is 18.3. The lowest BCUT2D eigenvalue weighted by Gasteiger charge is -2.33. The van der Waals surface area contributed by atoms with Gasteiger partial charge in [0.15, 0.2) is 0 Å². The van der Waals surface area contributed by atoms with E-state index in [1.165, 1.54) is 18.3 Å². The first kappa shape index (κ1) is 21.3. The zero-order chi connectivity index (χ0) is 22.0. The van der Waals surface area contributed by atoms with Gasteiger partial charge in [-0.05, 0) is 50.3 Å². The molecule has 0 radical (unpaired) electrons. The third-order valence-corrected chi connectivity index (χ3v) is 6.74. The highest BCUT2D eigenvalue weighted by atomic mass is 32.1. The number of para-hydroxylation sites is 2. The molecule has 1 aliphatic carbocycles. The molecule has 1 aromatic carbocycles. The van der Waals surface area contributed by atoms with Crippen LogP contribution in [-0.4, -0.2) is 43.6 Å². The van der Waals surface area contributed by atoms with E-state index in [2.05, 4.69) is 16.0 Å². The fourth-order valence-corrected chi connectivity index (χ4v) is 5.07. The number of amides is 3. The van der Waals surface area contributed by atoms with Crippen molar-refractivity contribution in [3.63, 3.8) is 0 Å². The fraction of sp³-hybridized carbons (Fsp3) is 0.409. The van der Waals surface area contributed by atoms with E-state index in [0.717, 1.165) is 36.1 Å². The van der Waals surface area contributed by atoms with Crippen LogP contribution in [0.5, 0.6) is 5.75 Å². The van der Waals surface area contributed by atoms with Crippen LogP contribution >= 0.6 is 11.3 Å². The molecule has 1 aliphatic heterocycles. The highest BCUT2D eigenvalue weighted by Gasteiger charge is 2.47. The Morgan fingerprint density at radius 1 is 1.26 bits per heavy atom. The van der Waals surface area contributed by atoms with Crippen molar-refractivity contribution in [1.29, 1.82) is 0 Å². The van der Waals surface area contributed by atoms with Crippen molar-refractivity contribution < 1.29 is 23.9 Å². The minimum Gasteiger partial charge on any atom is -0.466 e. The summed E-state index contributed by atoms with van der Waals surface area (Å²) in [5.74, 6) is -1.01. The highest BCUT2D eigenvalue weighted by molar-refractivity contribution is 7.17. The number of thiophene rings is 1. The van der Waals surface area contributed by atoms with E-state index in [0.29, 0.717) is 35.2 Å². The normalized spacial score (nSPS) is 19.5. The van der Waals surface area contributed by atoms with E-state index in [9.17, 15) is 14.4 Å². The van der Waals surface area contributed by atoms with Crippen molar-refractivity contribution in [3.8, 4) is 5.75 Å². The Labute approximate surface area is 184 Å². The molecule has 31 heavy (non-hydrogen) atoms. The minimum absolute atomic E-state index is 0.253. The second-order valence-electron chi connectivity index (χ2n) is 7.70. The Hall–Kier alpha value is -2.91. The molecule has 3 N–H and O–H groups in total. The minimum atomic E-state index is -1.76. The molecule has 0 saturated heterocycles. The number of nitrogens with one attached hydrogen (secondary N) is 3. The van der Waals surface area contributed by atoms with Gasteiger partial charge in [0, 0.05) is 18.5 Å². The number of anilines is 2. The third-order valence-electron chi connectivity index (χ3n) is 5.53. The van der Waals surface area contributed by atoms with E-state index < -0.39 is 17.4 Å². The molecule has 9 heteroatoms. The molecular formula is C22H25N3O5S. The second-order valence-corrected chi connectivity index (χ2v) is 8.81. The van der Waals surface area contributed by atoms with Crippen LogP contribution in [0.3, 0.4) is 0 Å². The average Bonchev–Trinajstić information content (AvgIpc) is 3.12. The quantitative estimate of drug-likeness (QED) is 0.470. The van der Waals surface area contributed by atoms with Crippen LogP contribution in [0.15, 0.2) is 24.3 Å². The van der Waals surface area contributed by atoms with Crippen LogP contribution in [-0.2, 0) is 27.2 Å². The number of benzene rings is 1. The Balaban J connectivity index is 1.61. The molecule has 2 heterocycles. The van der Waals surface area contributed by atoms with E-state index in [-0.39, 0.29) is 5.91 Å². The topological polar surface area (TPSA) is 106 Å². The SMILES string of the molecule is COCCNC(=O)c1c(NC(=O)C2(C)Oc3ccccc3NC2=O)sc2c1CCCC2. The third kappa shape index (κ3) is 4.03. The number of methoxy groups -OCH3 is 1. The summed E-state index contributed by atoms with van der Waals surface area (Å²) in [5.41, 5.74) is 0.209. The molecule has 0 saturated carbocycles. The molecule has 0 spiro atoms. The van der Waals surface area contributed by atoms with Gasteiger partial charge in [-0.2, -0.15) is 0 Å². The number of ether oxygens (including phenoxy) is 2. The predicted molar refractivity (Wildman–Crippen MR) is 118 cm³/mol. The van der Waals surface area contributed by atoms with Crippen molar-refractivity contribution in [2.24, 2.45) is 0 Å². The molecule has 4 rings (SSSR count). The number of hydrogen-bond acceptors (Lipinski definition) is 6. The Morgan fingerprint density at radius 3 is 2.84 bits per heavy atom. The number of carbonyl (C=O) groups excluding carboxylic acids is 3. The van der Waals surface area contributed by atoms with Gasteiger partial charge in [0.25, 0.3) is 23.3 Å². The van der Waals surface area contributed by atoms with Crippen LogP contribution in [0.2, 0.25) is 0 Å². The smallest absolute Gasteiger partial charge is 0.278 e. The maximum Gasteiger partial charge on any atom is 0.278 e. The van der Waals surface area contributed by atoms with Crippen molar-refractivity contribution in [3.05, 3.63) is 40.3 Å². The summed E-state index contributed by atoms with van der Waals surface area (Å²) in [6.45, 7) is 2.19. The second kappa shape index (κ2) is 8.68. The maximum atomic E-state index is 13.2. The Bertz CT molecular complexity index is 1030. The first-order valence-electron chi connectivity index (χ1n) is 10.3. The molecule has 164 valence electrons. The van der Waals surface area contributed by atoms with Gasteiger partial charge in [-0.25, -0.2) is 0 Å². The Morgan fingerprint density at radius 2 is 2.03 bits per heavy atom. The van der Waals surface area contributed by atoms with Crippen LogP contribution in [0.25, 0.3) is 0 Å². The summed E-state index contributed by atoms with van der Waals surface area (Å²) >= 11 is 1.40. The molecule has 0 bridgehead atoms. The number of aryl methyl sites for hydroxylation is 1. The van der Waals surface area contributed by atoms with E-state index in [1.54, 1.807) is 31.4 Å². The molecule has 3 amide bonds. The lowest BCUT2D eigenvalue weighted by molar-refractivity contribution is -0.143. The van der Waals surface area contributed by atoms with E-state index in [4.69, 9.17) is 9.47 Å². The molecule has 2 aliphatic rings. The first-order chi connectivity index (χ1) is 14.9. The predicted octanol–water partition coefficient (Wildman–Crippen LogP) is 2.73. The van der Waals surface area contributed by atoms with E-state index in [1.807, 2.05) is 0 Å². The molecule has 0 fully saturated rings. The summed E-state index contributed by atoms with van der Waals surface area (Å²) in [7, 11) is 1.57. The number of hydrogen-bond donors (Lipinski definition) is 3. The number of carbonyl (C=O) groups is 3. The van der Waals surface area contributed by atoms with Gasteiger partial charge in [-0.15, -0.1) is 11.3 Å². The van der Waals surface area contributed by atoms with Crippen molar-refractivity contribution >= 4 is 39.7 Å². The zero-order valence-electron chi connectivity index (χ0n) is 17.5. The average molecular weight is 444 g/mol. The van der Waals surface area contributed by atoms with Gasteiger partial charge in [0.05, 0.1) is 17.9 Å². The maximum absolute atomic E-state index is 13.2. The highest BCUT2D eigenvalue weighted by Crippen LogP contribution is 2.39. The molecule has 8 nitrogen and oxygen atoms in total. The van der Waals surface area contributed by atoms with Crippen LogP contribution in [0.4, 0.5) is 10.7 Å². The first-order valence-corrected chi connectivity index (χ1v) is 11.1. The summed E-state index contributed by atoms with van der Waals surface area (Å²) in [6, 6.07) is 6.94. The summed E-state index contributed by atoms with van der Waals surface area (Å²) in [4.78, 5) is 39.9. The van der Waals surface area contributed by atoms with Gasteiger partial charge in [0.1, 0.15) is 10.8 Å². The van der Waals surface area contributed by atoms with Crippen molar-refractivity contribution in [2.45, 2.75) is 38.2 Å². The standard InChI is InChI=1S/C22H25N3O5S/c1-22(20(27)24-14-8-4-5-9-15(14)30-22)21(28)25-19-17(18(26)23-11-12-29-2)13-7-3-6-10-16(13)31-19/h4-5,8-9H,3,6-7,10-12H2,1-2H3,(H,23,26)(H,24,27)(H,25,28). The molecule has 1 unspecified atom stereocenters. The lowest BCUT2D eigenvalue weighted by Crippen LogP contribution is -2.56. The number of fused-ring (bicyclic) bond motifs is 2. The summed E-state index contributed by atoms with van der Waals surface area (Å²) in [5, 5.41) is 8.82. The summed E-state index contributed by atoms with van der Waals surface area (Å²) < 4.78 is 10.8. The van der Waals surface area contributed by atoms with Gasteiger partial charge in [0.2, 0.25) is 0 Å². The van der Waals surface area contributed by atoms with Gasteiger partial charge in [-0.3, -0.25) is 14.4 Å².